The predicted octanol–water partition coefficient (Wildman–Crippen LogP) is 4.27. The van der Waals surface area contributed by atoms with Gasteiger partial charge in [-0.3, -0.25) is 4.79 Å². The van der Waals surface area contributed by atoms with E-state index in [1.54, 1.807) is 7.11 Å². The average molecular weight is 276 g/mol. The molecular formula is C19H16O2. The highest BCUT2D eigenvalue weighted by atomic mass is 16.5. The first-order chi connectivity index (χ1) is 10.3. The van der Waals surface area contributed by atoms with E-state index in [1.165, 1.54) is 0 Å². The summed E-state index contributed by atoms with van der Waals surface area (Å²) < 4.78 is 5.28. The normalized spacial score (nSPS) is 10.5. The molecule has 0 atom stereocenters. The number of fused-ring (bicyclic) bond motifs is 1. The van der Waals surface area contributed by atoms with Crippen LogP contribution in [0.3, 0.4) is 0 Å². The largest absolute Gasteiger partial charge is 0.497 e. The molecule has 3 aromatic rings. The lowest BCUT2D eigenvalue weighted by atomic mass is 9.97. The van der Waals surface area contributed by atoms with Gasteiger partial charge in [0, 0.05) is 12.0 Å². The van der Waals surface area contributed by atoms with Crippen molar-refractivity contribution in [3.63, 3.8) is 0 Å². The summed E-state index contributed by atoms with van der Waals surface area (Å²) in [6, 6.07) is 21.4. The minimum atomic E-state index is 0.130. The smallest absolute Gasteiger partial charge is 0.167 e. The first-order valence-corrected chi connectivity index (χ1v) is 6.92. The van der Waals surface area contributed by atoms with Crippen molar-refractivity contribution in [3.8, 4) is 5.75 Å². The van der Waals surface area contributed by atoms with Crippen LogP contribution >= 0.6 is 0 Å². The molecular weight excluding hydrogens is 260 g/mol. The number of carbonyl (C=O) groups excluding carboxylic acids is 1. The molecule has 0 unspecified atom stereocenters. The molecule has 3 aromatic carbocycles. The standard InChI is InChI=1S/C19H16O2/c1-21-17-11-10-14-8-5-9-16(18(14)13-17)12-19(20)15-6-3-2-4-7-15/h2-11,13H,12H2,1H3. The molecule has 0 fully saturated rings. The molecule has 0 aliphatic carbocycles. The maximum atomic E-state index is 12.4. The molecule has 3 rings (SSSR count). The molecule has 0 radical (unpaired) electrons. The molecule has 0 amide bonds. The third-order valence-electron chi connectivity index (χ3n) is 3.63. The summed E-state index contributed by atoms with van der Waals surface area (Å²) in [5.74, 6) is 0.938. The van der Waals surface area contributed by atoms with Crippen molar-refractivity contribution >= 4 is 16.6 Å². The number of rotatable bonds is 4. The van der Waals surface area contributed by atoms with Gasteiger partial charge in [-0.2, -0.15) is 0 Å². The van der Waals surface area contributed by atoms with E-state index in [0.717, 1.165) is 27.6 Å². The highest BCUT2D eigenvalue weighted by molar-refractivity contribution is 6.00. The molecule has 104 valence electrons. The Kier molecular flexibility index (Phi) is 3.69. The fraction of sp³-hybridized carbons (Fsp3) is 0.105. The fourth-order valence-corrected chi connectivity index (χ4v) is 2.50. The Morgan fingerprint density at radius 3 is 2.52 bits per heavy atom. The molecule has 0 aliphatic heterocycles. The molecule has 0 spiro atoms. The monoisotopic (exact) mass is 276 g/mol. The first-order valence-electron chi connectivity index (χ1n) is 6.92. The number of ketones is 1. The van der Waals surface area contributed by atoms with Gasteiger partial charge < -0.3 is 4.74 Å². The number of hydrogen-bond acceptors (Lipinski definition) is 2. The summed E-state index contributed by atoms with van der Waals surface area (Å²) in [6.45, 7) is 0. The Balaban J connectivity index is 1.98. The van der Waals surface area contributed by atoms with E-state index in [0.29, 0.717) is 6.42 Å². The second kappa shape index (κ2) is 5.80. The molecule has 21 heavy (non-hydrogen) atoms. The van der Waals surface area contributed by atoms with E-state index in [4.69, 9.17) is 4.74 Å². The minimum Gasteiger partial charge on any atom is -0.497 e. The zero-order valence-electron chi connectivity index (χ0n) is 11.9. The second-order valence-electron chi connectivity index (χ2n) is 4.97. The summed E-state index contributed by atoms with van der Waals surface area (Å²) in [5, 5.41) is 2.19. The van der Waals surface area contributed by atoms with Gasteiger partial charge in [0.05, 0.1) is 7.11 Å². The number of benzene rings is 3. The third-order valence-corrected chi connectivity index (χ3v) is 3.63. The summed E-state index contributed by atoms with van der Waals surface area (Å²) in [5.41, 5.74) is 1.78. The van der Waals surface area contributed by atoms with E-state index in [1.807, 2.05) is 66.7 Å². The van der Waals surface area contributed by atoms with Crippen molar-refractivity contribution in [2.75, 3.05) is 7.11 Å². The Morgan fingerprint density at radius 1 is 0.952 bits per heavy atom. The highest BCUT2D eigenvalue weighted by Gasteiger charge is 2.09. The fourth-order valence-electron chi connectivity index (χ4n) is 2.50. The summed E-state index contributed by atoms with van der Waals surface area (Å²) >= 11 is 0. The second-order valence-corrected chi connectivity index (χ2v) is 4.97. The molecule has 2 nitrogen and oxygen atoms in total. The average Bonchev–Trinajstić information content (AvgIpc) is 2.55. The maximum Gasteiger partial charge on any atom is 0.167 e. The van der Waals surface area contributed by atoms with E-state index in [2.05, 4.69) is 0 Å². The van der Waals surface area contributed by atoms with Crippen molar-refractivity contribution in [1.29, 1.82) is 0 Å². The molecule has 2 heteroatoms. The van der Waals surface area contributed by atoms with Crippen LogP contribution in [-0.4, -0.2) is 12.9 Å². The van der Waals surface area contributed by atoms with Crippen LogP contribution in [0.25, 0.3) is 10.8 Å². The number of carbonyl (C=O) groups is 1. The highest BCUT2D eigenvalue weighted by Crippen LogP contribution is 2.25. The van der Waals surface area contributed by atoms with Crippen molar-refractivity contribution in [3.05, 3.63) is 77.9 Å². The van der Waals surface area contributed by atoms with Crippen LogP contribution in [0.15, 0.2) is 66.7 Å². The van der Waals surface area contributed by atoms with Crippen LogP contribution in [-0.2, 0) is 6.42 Å². The molecule has 0 saturated heterocycles. The van der Waals surface area contributed by atoms with E-state index in [-0.39, 0.29) is 5.78 Å². The van der Waals surface area contributed by atoms with Gasteiger partial charge in [0.1, 0.15) is 5.75 Å². The molecule has 0 aromatic heterocycles. The van der Waals surface area contributed by atoms with Crippen LogP contribution in [0.1, 0.15) is 15.9 Å². The van der Waals surface area contributed by atoms with Gasteiger partial charge in [0.15, 0.2) is 5.78 Å². The Hall–Kier alpha value is -2.61. The van der Waals surface area contributed by atoms with Gasteiger partial charge in [-0.05, 0) is 28.5 Å². The number of hydrogen-bond donors (Lipinski definition) is 0. The molecule has 0 aliphatic rings. The van der Waals surface area contributed by atoms with Crippen molar-refractivity contribution in [2.24, 2.45) is 0 Å². The third kappa shape index (κ3) is 2.79. The Morgan fingerprint density at radius 2 is 1.76 bits per heavy atom. The number of methoxy groups -OCH3 is 1. The van der Waals surface area contributed by atoms with Crippen LogP contribution in [0.5, 0.6) is 5.75 Å². The van der Waals surface area contributed by atoms with E-state index < -0.39 is 0 Å². The van der Waals surface area contributed by atoms with Crippen LogP contribution in [0.4, 0.5) is 0 Å². The number of Topliss-reactive ketones (excluding diaryl/α,β-unsaturated/α-hetero) is 1. The predicted molar refractivity (Wildman–Crippen MR) is 85.0 cm³/mol. The SMILES string of the molecule is COc1ccc2cccc(CC(=O)c3ccccc3)c2c1. The zero-order chi connectivity index (χ0) is 14.7. The van der Waals surface area contributed by atoms with Crippen LogP contribution < -0.4 is 4.74 Å². The van der Waals surface area contributed by atoms with Gasteiger partial charge in [0.25, 0.3) is 0 Å². The summed E-state index contributed by atoms with van der Waals surface area (Å²) in [6.07, 6.45) is 0.397. The Bertz CT molecular complexity index is 776. The molecule has 0 bridgehead atoms. The molecule has 0 heterocycles. The summed E-state index contributed by atoms with van der Waals surface area (Å²) in [4.78, 5) is 12.4. The summed E-state index contributed by atoms with van der Waals surface area (Å²) in [7, 11) is 1.65. The van der Waals surface area contributed by atoms with Crippen molar-refractivity contribution in [1.82, 2.24) is 0 Å². The van der Waals surface area contributed by atoms with E-state index in [9.17, 15) is 4.79 Å². The first kappa shape index (κ1) is 13.4. The number of ether oxygens (including phenoxy) is 1. The van der Waals surface area contributed by atoms with Crippen molar-refractivity contribution in [2.45, 2.75) is 6.42 Å². The van der Waals surface area contributed by atoms with Gasteiger partial charge in [0.2, 0.25) is 0 Å². The zero-order valence-corrected chi connectivity index (χ0v) is 11.9. The molecule has 0 saturated carbocycles. The van der Waals surface area contributed by atoms with E-state index >= 15 is 0 Å². The van der Waals surface area contributed by atoms with Crippen molar-refractivity contribution < 1.29 is 9.53 Å². The van der Waals surface area contributed by atoms with Gasteiger partial charge >= 0.3 is 0 Å². The van der Waals surface area contributed by atoms with Crippen LogP contribution in [0.2, 0.25) is 0 Å². The van der Waals surface area contributed by atoms with Gasteiger partial charge in [-0.1, -0.05) is 54.6 Å². The quantitative estimate of drug-likeness (QED) is 0.665. The maximum absolute atomic E-state index is 12.4. The van der Waals surface area contributed by atoms with Crippen LogP contribution in [0, 0.1) is 0 Å². The lowest BCUT2D eigenvalue weighted by molar-refractivity contribution is 0.0993. The minimum absolute atomic E-state index is 0.130. The Labute approximate surface area is 124 Å². The topological polar surface area (TPSA) is 26.3 Å². The molecule has 0 N–H and O–H groups in total. The van der Waals surface area contributed by atoms with Gasteiger partial charge in [-0.25, -0.2) is 0 Å². The lowest BCUT2D eigenvalue weighted by Gasteiger charge is -2.08. The van der Waals surface area contributed by atoms with Gasteiger partial charge in [-0.15, -0.1) is 0 Å². The lowest BCUT2D eigenvalue weighted by Crippen LogP contribution is -2.03.